The molecule has 0 amide bonds. The summed E-state index contributed by atoms with van der Waals surface area (Å²) in [6.07, 6.45) is 3.00. The molecule has 1 N–H and O–H groups in total. The number of halogens is 1. The third-order valence-electron chi connectivity index (χ3n) is 2.47. The maximum absolute atomic E-state index is 10.6. The van der Waals surface area contributed by atoms with Crippen LogP contribution in [0.2, 0.25) is 0 Å². The first-order valence-electron chi connectivity index (χ1n) is 5.51. The summed E-state index contributed by atoms with van der Waals surface area (Å²) in [5.41, 5.74) is 1.92. The first-order chi connectivity index (χ1) is 9.06. The van der Waals surface area contributed by atoms with Crippen LogP contribution in [0.25, 0.3) is 0 Å². The van der Waals surface area contributed by atoms with E-state index in [1.165, 1.54) is 12.3 Å². The summed E-state index contributed by atoms with van der Waals surface area (Å²) in [7, 11) is 0. The van der Waals surface area contributed by atoms with Crippen LogP contribution in [-0.4, -0.2) is 14.9 Å². The molecular weight excluding hydrogens is 312 g/mol. The minimum atomic E-state index is -0.481. The molecular formula is C12H11BrN4O2. The van der Waals surface area contributed by atoms with Gasteiger partial charge in [-0.1, -0.05) is 6.07 Å². The summed E-state index contributed by atoms with van der Waals surface area (Å²) in [5, 5.41) is 13.7. The summed E-state index contributed by atoms with van der Waals surface area (Å²) < 4.78 is 0.557. The van der Waals surface area contributed by atoms with Crippen LogP contribution in [0.3, 0.4) is 0 Å². The minimum Gasteiger partial charge on any atom is -0.365 e. The fourth-order valence-electron chi connectivity index (χ4n) is 1.45. The van der Waals surface area contributed by atoms with E-state index in [2.05, 4.69) is 31.2 Å². The molecule has 7 heteroatoms. The van der Waals surface area contributed by atoms with E-state index < -0.39 is 4.92 Å². The van der Waals surface area contributed by atoms with E-state index in [1.807, 2.05) is 19.1 Å². The van der Waals surface area contributed by atoms with Gasteiger partial charge in [-0.15, -0.1) is 0 Å². The highest BCUT2D eigenvalue weighted by Gasteiger charge is 2.10. The van der Waals surface area contributed by atoms with Gasteiger partial charge in [-0.3, -0.25) is 15.1 Å². The van der Waals surface area contributed by atoms with Crippen molar-refractivity contribution >= 4 is 27.4 Å². The lowest BCUT2D eigenvalue weighted by Gasteiger charge is -2.07. The number of nitro groups is 1. The number of hydrogen-bond acceptors (Lipinski definition) is 5. The van der Waals surface area contributed by atoms with Gasteiger partial charge in [0, 0.05) is 24.5 Å². The lowest BCUT2D eigenvalue weighted by molar-refractivity contribution is -0.385. The zero-order valence-electron chi connectivity index (χ0n) is 10.1. The monoisotopic (exact) mass is 322 g/mol. The topological polar surface area (TPSA) is 81.0 Å². The largest absolute Gasteiger partial charge is 0.365 e. The smallest absolute Gasteiger partial charge is 0.288 e. The maximum Gasteiger partial charge on any atom is 0.288 e. The highest BCUT2D eigenvalue weighted by Crippen LogP contribution is 2.24. The third kappa shape index (κ3) is 3.47. The van der Waals surface area contributed by atoms with Crippen molar-refractivity contribution in [1.82, 2.24) is 9.97 Å². The molecule has 6 nitrogen and oxygen atoms in total. The van der Waals surface area contributed by atoms with Crippen molar-refractivity contribution in [1.29, 1.82) is 0 Å². The summed E-state index contributed by atoms with van der Waals surface area (Å²) in [6, 6.07) is 5.31. The van der Waals surface area contributed by atoms with Gasteiger partial charge < -0.3 is 5.32 Å². The van der Waals surface area contributed by atoms with Crippen molar-refractivity contribution in [3.05, 3.63) is 56.4 Å². The summed E-state index contributed by atoms with van der Waals surface area (Å²) in [6.45, 7) is 2.47. The van der Waals surface area contributed by atoms with Crippen LogP contribution in [-0.2, 0) is 6.54 Å². The number of pyridine rings is 2. The van der Waals surface area contributed by atoms with Crippen molar-refractivity contribution in [3.8, 4) is 0 Å². The van der Waals surface area contributed by atoms with Crippen LogP contribution in [0.15, 0.2) is 35.1 Å². The van der Waals surface area contributed by atoms with Crippen LogP contribution in [0, 0.1) is 17.0 Å². The number of nitrogens with zero attached hydrogens (tertiary/aromatic N) is 3. The van der Waals surface area contributed by atoms with Gasteiger partial charge >= 0.3 is 0 Å². The van der Waals surface area contributed by atoms with E-state index in [1.54, 1.807) is 6.20 Å². The molecule has 0 unspecified atom stereocenters. The number of nitrogens with one attached hydrogen (secondary N) is 1. The Balaban J connectivity index is 2.07. The Morgan fingerprint density at radius 3 is 2.74 bits per heavy atom. The molecule has 0 spiro atoms. The molecule has 0 atom stereocenters. The van der Waals surface area contributed by atoms with E-state index in [9.17, 15) is 10.1 Å². The molecule has 98 valence electrons. The van der Waals surface area contributed by atoms with Gasteiger partial charge in [0.1, 0.15) is 12.0 Å². The van der Waals surface area contributed by atoms with E-state index >= 15 is 0 Å². The standard InChI is InChI=1S/C12H11BrN4O2/c1-8-2-3-9(5-14-8)6-15-12-11(13)4-10(7-16-12)17(18)19/h2-5,7H,6H2,1H3,(H,15,16). The number of anilines is 1. The van der Waals surface area contributed by atoms with Gasteiger partial charge in [0.2, 0.25) is 0 Å². The Kier molecular flexibility index (Phi) is 4.06. The van der Waals surface area contributed by atoms with Gasteiger partial charge in [-0.2, -0.15) is 0 Å². The normalized spacial score (nSPS) is 10.2. The van der Waals surface area contributed by atoms with Crippen molar-refractivity contribution < 1.29 is 4.92 Å². The fourth-order valence-corrected chi connectivity index (χ4v) is 1.92. The highest BCUT2D eigenvalue weighted by atomic mass is 79.9. The zero-order chi connectivity index (χ0) is 13.8. The second kappa shape index (κ2) is 5.75. The number of hydrogen-bond donors (Lipinski definition) is 1. The van der Waals surface area contributed by atoms with Crippen LogP contribution < -0.4 is 5.32 Å². The summed E-state index contributed by atoms with van der Waals surface area (Å²) in [4.78, 5) is 18.3. The average molecular weight is 323 g/mol. The molecule has 2 rings (SSSR count). The molecule has 0 aromatic carbocycles. The number of aromatic nitrogens is 2. The van der Waals surface area contributed by atoms with Crippen LogP contribution in [0.1, 0.15) is 11.3 Å². The molecule has 0 saturated heterocycles. The van der Waals surface area contributed by atoms with Gasteiger partial charge in [-0.05, 0) is 34.5 Å². The number of aryl methyl sites for hydroxylation is 1. The Hall–Kier alpha value is -2.02. The van der Waals surface area contributed by atoms with E-state index in [0.717, 1.165) is 11.3 Å². The average Bonchev–Trinajstić information content (AvgIpc) is 2.39. The first-order valence-corrected chi connectivity index (χ1v) is 6.31. The lowest BCUT2D eigenvalue weighted by Crippen LogP contribution is -2.03. The molecule has 0 radical (unpaired) electrons. The quantitative estimate of drug-likeness (QED) is 0.691. The van der Waals surface area contributed by atoms with Crippen LogP contribution in [0.4, 0.5) is 11.5 Å². The van der Waals surface area contributed by atoms with Crippen LogP contribution in [0.5, 0.6) is 0 Å². The van der Waals surface area contributed by atoms with Gasteiger partial charge in [-0.25, -0.2) is 4.98 Å². The lowest BCUT2D eigenvalue weighted by atomic mass is 10.2. The van der Waals surface area contributed by atoms with Crippen molar-refractivity contribution in [2.24, 2.45) is 0 Å². The van der Waals surface area contributed by atoms with E-state index in [-0.39, 0.29) is 5.69 Å². The second-order valence-electron chi connectivity index (χ2n) is 3.94. The molecule has 2 aromatic rings. The Labute approximate surface area is 118 Å². The summed E-state index contributed by atoms with van der Waals surface area (Å²) in [5.74, 6) is 0.561. The molecule has 2 heterocycles. The van der Waals surface area contributed by atoms with Gasteiger partial charge in [0.15, 0.2) is 0 Å². The molecule has 0 saturated carbocycles. The molecule has 19 heavy (non-hydrogen) atoms. The Bertz CT molecular complexity index is 601. The van der Waals surface area contributed by atoms with Crippen molar-refractivity contribution in [2.75, 3.05) is 5.32 Å². The minimum absolute atomic E-state index is 0.0468. The summed E-state index contributed by atoms with van der Waals surface area (Å²) >= 11 is 3.26. The van der Waals surface area contributed by atoms with Crippen molar-refractivity contribution in [2.45, 2.75) is 13.5 Å². The van der Waals surface area contributed by atoms with E-state index in [0.29, 0.717) is 16.8 Å². The van der Waals surface area contributed by atoms with Crippen LogP contribution >= 0.6 is 15.9 Å². The highest BCUT2D eigenvalue weighted by molar-refractivity contribution is 9.10. The maximum atomic E-state index is 10.6. The fraction of sp³-hybridized carbons (Fsp3) is 0.167. The second-order valence-corrected chi connectivity index (χ2v) is 4.80. The third-order valence-corrected chi connectivity index (χ3v) is 3.07. The molecule has 0 fully saturated rings. The molecule has 0 aliphatic heterocycles. The molecule has 0 aliphatic rings. The predicted molar refractivity (Wildman–Crippen MR) is 74.9 cm³/mol. The van der Waals surface area contributed by atoms with Crippen molar-refractivity contribution in [3.63, 3.8) is 0 Å². The predicted octanol–water partition coefficient (Wildman–Crippen LogP) is 3.07. The van der Waals surface area contributed by atoms with Gasteiger partial charge in [0.05, 0.1) is 9.40 Å². The molecule has 0 aliphatic carbocycles. The zero-order valence-corrected chi connectivity index (χ0v) is 11.7. The van der Waals surface area contributed by atoms with Gasteiger partial charge in [0.25, 0.3) is 5.69 Å². The van der Waals surface area contributed by atoms with E-state index in [4.69, 9.17) is 0 Å². The SMILES string of the molecule is Cc1ccc(CNc2ncc([N+](=O)[O-])cc2Br)cn1. The number of rotatable bonds is 4. The first kappa shape index (κ1) is 13.4. The Morgan fingerprint density at radius 2 is 2.16 bits per heavy atom. The molecule has 2 aromatic heterocycles. The molecule has 0 bridgehead atoms. The Morgan fingerprint density at radius 1 is 1.37 bits per heavy atom.